The van der Waals surface area contributed by atoms with Crippen molar-refractivity contribution in [3.8, 4) is 0 Å². The molecule has 0 saturated carbocycles. The Bertz CT molecular complexity index is 272. The number of piperidine rings is 1. The first-order valence-electron chi connectivity index (χ1n) is 6.42. The van der Waals surface area contributed by atoms with Gasteiger partial charge in [-0.3, -0.25) is 0 Å². The van der Waals surface area contributed by atoms with Gasteiger partial charge in [0.2, 0.25) is 0 Å². The Kier molecular flexibility index (Phi) is 4.42. The smallest absolute Gasteiger partial charge is 0.410 e. The van der Waals surface area contributed by atoms with E-state index < -0.39 is 5.60 Å². The molecule has 100 valence electrons. The highest BCUT2D eigenvalue weighted by Crippen LogP contribution is 2.26. The second-order valence-electron chi connectivity index (χ2n) is 5.95. The van der Waals surface area contributed by atoms with Gasteiger partial charge in [-0.2, -0.15) is 0 Å². The number of aliphatic hydroxyl groups excluding tert-OH is 1. The lowest BCUT2D eigenvalue weighted by Gasteiger charge is -2.41. The summed E-state index contributed by atoms with van der Waals surface area (Å²) >= 11 is 0. The third-order valence-electron chi connectivity index (χ3n) is 3.24. The van der Waals surface area contributed by atoms with Crippen molar-refractivity contribution in [2.75, 3.05) is 6.54 Å². The first-order valence-corrected chi connectivity index (χ1v) is 6.42. The van der Waals surface area contributed by atoms with Crippen LogP contribution in [0.2, 0.25) is 0 Å². The lowest BCUT2D eigenvalue weighted by Crippen LogP contribution is -2.52. The van der Waals surface area contributed by atoms with E-state index in [4.69, 9.17) is 4.74 Å². The Morgan fingerprint density at radius 3 is 2.53 bits per heavy atom. The first kappa shape index (κ1) is 14.3. The fraction of sp³-hybridized carbons (Fsp3) is 0.923. The van der Waals surface area contributed by atoms with Gasteiger partial charge in [0.25, 0.3) is 0 Å². The van der Waals surface area contributed by atoms with Crippen LogP contribution in [0.25, 0.3) is 0 Å². The van der Waals surface area contributed by atoms with Crippen LogP contribution in [0.3, 0.4) is 0 Å². The van der Waals surface area contributed by atoms with Crippen molar-refractivity contribution in [2.24, 2.45) is 5.92 Å². The number of carbonyl (C=O) groups excluding carboxylic acids is 1. The van der Waals surface area contributed by atoms with Crippen LogP contribution in [-0.4, -0.2) is 40.4 Å². The topological polar surface area (TPSA) is 49.8 Å². The molecule has 0 spiro atoms. The highest BCUT2D eigenvalue weighted by Gasteiger charge is 2.35. The van der Waals surface area contributed by atoms with Crippen molar-refractivity contribution in [1.29, 1.82) is 0 Å². The van der Waals surface area contributed by atoms with Crippen molar-refractivity contribution in [1.82, 2.24) is 4.90 Å². The van der Waals surface area contributed by atoms with Crippen molar-refractivity contribution in [2.45, 2.75) is 65.2 Å². The molecule has 0 unspecified atom stereocenters. The monoisotopic (exact) mass is 243 g/mol. The van der Waals surface area contributed by atoms with Gasteiger partial charge >= 0.3 is 6.09 Å². The van der Waals surface area contributed by atoms with Gasteiger partial charge in [0, 0.05) is 18.5 Å². The number of hydrogen-bond acceptors (Lipinski definition) is 3. The van der Waals surface area contributed by atoms with Crippen LogP contribution < -0.4 is 0 Å². The van der Waals surface area contributed by atoms with E-state index in [2.05, 4.69) is 0 Å². The summed E-state index contributed by atoms with van der Waals surface area (Å²) in [6.07, 6.45) is 0.953. The van der Waals surface area contributed by atoms with Gasteiger partial charge in [-0.25, -0.2) is 4.79 Å². The van der Waals surface area contributed by atoms with Crippen molar-refractivity contribution in [3.05, 3.63) is 0 Å². The van der Waals surface area contributed by atoms with Gasteiger partial charge in [-0.1, -0.05) is 6.92 Å². The first-order chi connectivity index (χ1) is 7.74. The van der Waals surface area contributed by atoms with E-state index in [0.717, 1.165) is 6.42 Å². The molecule has 0 aromatic rings. The number of carbonyl (C=O) groups is 1. The summed E-state index contributed by atoms with van der Waals surface area (Å²) in [4.78, 5) is 13.8. The molecule has 0 radical (unpaired) electrons. The number of aliphatic hydroxyl groups is 1. The van der Waals surface area contributed by atoms with Crippen LogP contribution in [0.1, 0.15) is 47.5 Å². The number of rotatable bonds is 1. The second kappa shape index (κ2) is 5.25. The predicted octanol–water partition coefficient (Wildman–Crippen LogP) is 2.40. The van der Waals surface area contributed by atoms with Gasteiger partial charge in [-0.05, 0) is 40.5 Å². The van der Waals surface area contributed by atoms with Gasteiger partial charge in [-0.15, -0.1) is 0 Å². The maximum atomic E-state index is 12.0. The Morgan fingerprint density at radius 2 is 2.06 bits per heavy atom. The summed E-state index contributed by atoms with van der Waals surface area (Å²) in [5.41, 5.74) is -0.464. The van der Waals surface area contributed by atoms with Crippen LogP contribution in [0.15, 0.2) is 0 Å². The minimum atomic E-state index is -0.464. The highest BCUT2D eigenvalue weighted by molar-refractivity contribution is 5.68. The molecule has 4 nitrogen and oxygen atoms in total. The van der Waals surface area contributed by atoms with E-state index in [1.807, 2.05) is 34.6 Å². The number of amides is 1. The third kappa shape index (κ3) is 3.87. The quantitative estimate of drug-likeness (QED) is 0.769. The summed E-state index contributed by atoms with van der Waals surface area (Å²) in [5, 5.41) is 9.89. The predicted molar refractivity (Wildman–Crippen MR) is 66.8 cm³/mol. The minimum absolute atomic E-state index is 0.0441. The van der Waals surface area contributed by atoms with E-state index in [1.165, 1.54) is 0 Å². The lowest BCUT2D eigenvalue weighted by atomic mass is 9.89. The Balaban J connectivity index is 2.66. The van der Waals surface area contributed by atoms with E-state index in [1.54, 1.807) is 4.90 Å². The molecule has 0 bridgehead atoms. The molecule has 4 heteroatoms. The molecule has 0 aromatic carbocycles. The van der Waals surface area contributed by atoms with Crippen LogP contribution in [0, 0.1) is 5.92 Å². The zero-order valence-electron chi connectivity index (χ0n) is 11.6. The van der Waals surface area contributed by atoms with Crippen LogP contribution in [0.4, 0.5) is 4.79 Å². The average Bonchev–Trinajstić information content (AvgIpc) is 2.14. The maximum absolute atomic E-state index is 12.0. The van der Waals surface area contributed by atoms with Gasteiger partial charge in [0.05, 0.1) is 6.10 Å². The van der Waals surface area contributed by atoms with Gasteiger partial charge in [0.1, 0.15) is 5.60 Å². The number of likely N-dealkylation sites (tertiary alicyclic amines) is 1. The number of hydrogen-bond donors (Lipinski definition) is 1. The molecule has 1 aliphatic rings. The van der Waals surface area contributed by atoms with Gasteiger partial charge < -0.3 is 14.7 Å². The minimum Gasteiger partial charge on any atom is -0.444 e. The SMILES string of the molecule is CC[C@H]1CN(C(=O)OC(C)(C)C)[C@H](C)C[C@H]1O. The van der Waals surface area contributed by atoms with Crippen molar-refractivity contribution < 1.29 is 14.6 Å². The summed E-state index contributed by atoms with van der Waals surface area (Å²) in [5.74, 6) is 0.165. The molecule has 1 N–H and O–H groups in total. The molecular formula is C13H25NO3. The molecule has 1 amide bonds. The molecule has 1 heterocycles. The summed E-state index contributed by atoms with van der Waals surface area (Å²) in [6.45, 7) is 10.2. The molecular weight excluding hydrogens is 218 g/mol. The average molecular weight is 243 g/mol. The molecule has 1 aliphatic heterocycles. The molecule has 1 fully saturated rings. The molecule has 0 aliphatic carbocycles. The van der Waals surface area contributed by atoms with Gasteiger partial charge in [0.15, 0.2) is 0 Å². The zero-order valence-corrected chi connectivity index (χ0v) is 11.6. The second-order valence-corrected chi connectivity index (χ2v) is 5.95. The molecule has 1 saturated heterocycles. The third-order valence-corrected chi connectivity index (χ3v) is 3.24. The fourth-order valence-electron chi connectivity index (χ4n) is 2.20. The Labute approximate surface area is 104 Å². The Hall–Kier alpha value is -0.770. The Morgan fingerprint density at radius 1 is 1.47 bits per heavy atom. The van der Waals surface area contributed by atoms with E-state index in [9.17, 15) is 9.90 Å². The van der Waals surface area contributed by atoms with E-state index in [0.29, 0.717) is 13.0 Å². The molecule has 17 heavy (non-hydrogen) atoms. The van der Waals surface area contributed by atoms with E-state index >= 15 is 0 Å². The number of nitrogens with zero attached hydrogens (tertiary/aromatic N) is 1. The summed E-state index contributed by atoms with van der Waals surface area (Å²) in [6, 6.07) is 0.0441. The maximum Gasteiger partial charge on any atom is 0.410 e. The normalized spacial score (nSPS) is 30.2. The molecule has 1 rings (SSSR count). The standard InChI is InChI=1S/C13H25NO3/c1-6-10-8-14(9(2)7-11(10)15)12(16)17-13(3,4)5/h9-11,15H,6-8H2,1-5H3/t9-,10+,11-/m1/s1. The van der Waals surface area contributed by atoms with Crippen LogP contribution in [0.5, 0.6) is 0 Å². The zero-order chi connectivity index (χ0) is 13.2. The molecule has 3 atom stereocenters. The van der Waals surface area contributed by atoms with Crippen LogP contribution >= 0.6 is 0 Å². The lowest BCUT2D eigenvalue weighted by molar-refractivity contribution is -0.0271. The summed E-state index contributed by atoms with van der Waals surface area (Å²) < 4.78 is 5.38. The fourth-order valence-corrected chi connectivity index (χ4v) is 2.20. The van der Waals surface area contributed by atoms with Crippen molar-refractivity contribution in [3.63, 3.8) is 0 Å². The number of ether oxygens (including phenoxy) is 1. The van der Waals surface area contributed by atoms with Crippen LogP contribution in [-0.2, 0) is 4.74 Å². The largest absolute Gasteiger partial charge is 0.444 e. The molecule has 0 aromatic heterocycles. The highest BCUT2D eigenvalue weighted by atomic mass is 16.6. The summed E-state index contributed by atoms with van der Waals surface area (Å²) in [7, 11) is 0. The van der Waals surface area contributed by atoms with E-state index in [-0.39, 0.29) is 24.2 Å². The van der Waals surface area contributed by atoms with Crippen molar-refractivity contribution >= 4 is 6.09 Å².